The van der Waals surface area contributed by atoms with Crippen LogP contribution in [-0.4, -0.2) is 18.1 Å². The summed E-state index contributed by atoms with van der Waals surface area (Å²) in [5, 5.41) is 0. The standard InChI is InChI=1S/C15H16FN3/c16-12-5-6-15(18-9-12)19-10-11(7-8-17)13-3-1-2-4-14(13)19/h1-6,9,11H,7-8,10,17H2. The minimum atomic E-state index is -0.310. The number of para-hydroxylation sites is 1. The van der Waals surface area contributed by atoms with E-state index in [4.69, 9.17) is 5.73 Å². The number of anilines is 2. The van der Waals surface area contributed by atoms with Crippen molar-refractivity contribution in [2.75, 3.05) is 18.0 Å². The van der Waals surface area contributed by atoms with Crippen molar-refractivity contribution >= 4 is 11.5 Å². The number of hydrogen-bond donors (Lipinski definition) is 1. The molecule has 19 heavy (non-hydrogen) atoms. The van der Waals surface area contributed by atoms with Crippen LogP contribution >= 0.6 is 0 Å². The number of halogens is 1. The second kappa shape index (κ2) is 4.97. The van der Waals surface area contributed by atoms with Crippen molar-refractivity contribution in [3.05, 3.63) is 54.0 Å². The Morgan fingerprint density at radius 2 is 2.11 bits per heavy atom. The Balaban J connectivity index is 1.98. The maximum Gasteiger partial charge on any atom is 0.141 e. The lowest BCUT2D eigenvalue weighted by Gasteiger charge is -2.18. The van der Waals surface area contributed by atoms with E-state index in [2.05, 4.69) is 22.0 Å². The molecule has 1 atom stereocenters. The molecule has 0 saturated heterocycles. The average Bonchev–Trinajstić information content (AvgIpc) is 2.80. The van der Waals surface area contributed by atoms with E-state index in [0.29, 0.717) is 12.5 Å². The van der Waals surface area contributed by atoms with Crippen molar-refractivity contribution in [3.63, 3.8) is 0 Å². The molecule has 0 fully saturated rings. The summed E-state index contributed by atoms with van der Waals surface area (Å²) in [6.45, 7) is 1.53. The van der Waals surface area contributed by atoms with Gasteiger partial charge in [0.2, 0.25) is 0 Å². The molecule has 2 N–H and O–H groups in total. The second-order valence-corrected chi connectivity index (χ2v) is 4.78. The molecule has 1 aliphatic rings. The third-order valence-corrected chi connectivity index (χ3v) is 3.57. The molecule has 0 saturated carbocycles. The first kappa shape index (κ1) is 12.1. The van der Waals surface area contributed by atoms with Gasteiger partial charge in [0.1, 0.15) is 11.6 Å². The highest BCUT2D eigenvalue weighted by Gasteiger charge is 2.29. The minimum Gasteiger partial charge on any atom is -0.330 e. The van der Waals surface area contributed by atoms with Gasteiger partial charge in [0.15, 0.2) is 0 Å². The first-order chi connectivity index (χ1) is 9.29. The van der Waals surface area contributed by atoms with Crippen molar-refractivity contribution in [1.29, 1.82) is 0 Å². The number of nitrogens with two attached hydrogens (primary N) is 1. The van der Waals surface area contributed by atoms with Crippen LogP contribution in [0.25, 0.3) is 0 Å². The molecule has 0 aliphatic carbocycles. The fourth-order valence-corrected chi connectivity index (χ4v) is 2.69. The lowest BCUT2D eigenvalue weighted by molar-refractivity contribution is 0.620. The van der Waals surface area contributed by atoms with Crippen molar-refractivity contribution in [2.24, 2.45) is 5.73 Å². The van der Waals surface area contributed by atoms with Crippen LogP contribution in [0, 0.1) is 5.82 Å². The predicted octanol–water partition coefficient (Wildman–Crippen LogP) is 2.80. The molecule has 2 heterocycles. The third kappa shape index (κ3) is 2.19. The number of hydrogen-bond acceptors (Lipinski definition) is 3. The summed E-state index contributed by atoms with van der Waals surface area (Å²) in [6.07, 6.45) is 2.21. The molecule has 1 unspecified atom stereocenters. The first-order valence-electron chi connectivity index (χ1n) is 6.47. The van der Waals surface area contributed by atoms with Gasteiger partial charge in [-0.1, -0.05) is 18.2 Å². The summed E-state index contributed by atoms with van der Waals surface area (Å²) in [7, 11) is 0. The molecular weight excluding hydrogens is 241 g/mol. The molecule has 4 heteroatoms. The molecule has 1 aromatic carbocycles. The smallest absolute Gasteiger partial charge is 0.141 e. The maximum atomic E-state index is 13.0. The Hall–Kier alpha value is -1.94. The summed E-state index contributed by atoms with van der Waals surface area (Å²) in [5.74, 6) is 0.899. The van der Waals surface area contributed by atoms with Gasteiger partial charge in [-0.15, -0.1) is 0 Å². The predicted molar refractivity (Wildman–Crippen MR) is 74.1 cm³/mol. The van der Waals surface area contributed by atoms with Crippen molar-refractivity contribution in [1.82, 2.24) is 4.98 Å². The third-order valence-electron chi connectivity index (χ3n) is 3.57. The van der Waals surface area contributed by atoms with E-state index in [-0.39, 0.29) is 5.82 Å². The van der Waals surface area contributed by atoms with E-state index in [1.807, 2.05) is 12.1 Å². The van der Waals surface area contributed by atoms with Crippen LogP contribution in [-0.2, 0) is 0 Å². The summed E-state index contributed by atoms with van der Waals surface area (Å²) < 4.78 is 13.0. The SMILES string of the molecule is NCCC1CN(c2ccc(F)cn2)c2ccccc21. The van der Waals surface area contributed by atoms with Crippen LogP contribution in [0.5, 0.6) is 0 Å². The van der Waals surface area contributed by atoms with E-state index < -0.39 is 0 Å². The summed E-state index contributed by atoms with van der Waals surface area (Å²) in [6, 6.07) is 11.4. The van der Waals surface area contributed by atoms with Gasteiger partial charge in [-0.2, -0.15) is 0 Å². The quantitative estimate of drug-likeness (QED) is 0.919. The number of fused-ring (bicyclic) bond motifs is 1. The summed E-state index contributed by atoms with van der Waals surface area (Å²) >= 11 is 0. The van der Waals surface area contributed by atoms with E-state index >= 15 is 0 Å². The number of benzene rings is 1. The van der Waals surface area contributed by atoms with Gasteiger partial charge in [0.25, 0.3) is 0 Å². The Morgan fingerprint density at radius 3 is 2.84 bits per heavy atom. The van der Waals surface area contributed by atoms with E-state index in [1.54, 1.807) is 6.07 Å². The molecule has 1 aliphatic heterocycles. The zero-order valence-corrected chi connectivity index (χ0v) is 10.6. The van der Waals surface area contributed by atoms with Crippen molar-refractivity contribution in [2.45, 2.75) is 12.3 Å². The van der Waals surface area contributed by atoms with Crippen LogP contribution in [0.4, 0.5) is 15.9 Å². The Morgan fingerprint density at radius 1 is 1.26 bits per heavy atom. The lowest BCUT2D eigenvalue weighted by Crippen LogP contribution is -2.18. The highest BCUT2D eigenvalue weighted by atomic mass is 19.1. The Kier molecular flexibility index (Phi) is 3.17. The van der Waals surface area contributed by atoms with Gasteiger partial charge < -0.3 is 10.6 Å². The fraction of sp³-hybridized carbons (Fsp3) is 0.267. The molecule has 98 valence electrons. The molecule has 0 spiro atoms. The second-order valence-electron chi connectivity index (χ2n) is 4.78. The summed E-state index contributed by atoms with van der Waals surface area (Å²) in [4.78, 5) is 6.31. The van der Waals surface area contributed by atoms with Crippen molar-refractivity contribution < 1.29 is 4.39 Å². The highest BCUT2D eigenvalue weighted by molar-refractivity contribution is 5.68. The van der Waals surface area contributed by atoms with Crippen LogP contribution < -0.4 is 10.6 Å². The molecule has 3 rings (SSSR count). The molecule has 0 bridgehead atoms. The van der Waals surface area contributed by atoms with Gasteiger partial charge >= 0.3 is 0 Å². The largest absolute Gasteiger partial charge is 0.330 e. The lowest BCUT2D eigenvalue weighted by atomic mass is 9.98. The van der Waals surface area contributed by atoms with Crippen LogP contribution in [0.3, 0.4) is 0 Å². The number of rotatable bonds is 3. The molecular formula is C15H16FN3. The monoisotopic (exact) mass is 257 g/mol. The summed E-state index contributed by atoms with van der Waals surface area (Å²) in [5.41, 5.74) is 8.14. The highest BCUT2D eigenvalue weighted by Crippen LogP contribution is 2.41. The van der Waals surface area contributed by atoms with Gasteiger partial charge in [0.05, 0.1) is 6.20 Å². The van der Waals surface area contributed by atoms with E-state index in [9.17, 15) is 4.39 Å². The first-order valence-corrected chi connectivity index (χ1v) is 6.47. The molecule has 0 radical (unpaired) electrons. The number of aromatic nitrogens is 1. The molecule has 3 nitrogen and oxygen atoms in total. The van der Waals surface area contributed by atoms with Crippen LogP contribution in [0.15, 0.2) is 42.6 Å². The van der Waals surface area contributed by atoms with Gasteiger partial charge in [-0.25, -0.2) is 9.37 Å². The molecule has 2 aromatic rings. The van der Waals surface area contributed by atoms with Crippen LogP contribution in [0.1, 0.15) is 17.9 Å². The fourth-order valence-electron chi connectivity index (χ4n) is 2.69. The zero-order valence-electron chi connectivity index (χ0n) is 10.6. The normalized spacial score (nSPS) is 17.6. The average molecular weight is 257 g/mol. The van der Waals surface area contributed by atoms with E-state index in [0.717, 1.165) is 24.5 Å². The topological polar surface area (TPSA) is 42.1 Å². The Labute approximate surface area is 111 Å². The Bertz CT molecular complexity index is 568. The molecule has 1 aromatic heterocycles. The van der Waals surface area contributed by atoms with Crippen molar-refractivity contribution in [3.8, 4) is 0 Å². The van der Waals surface area contributed by atoms with E-state index in [1.165, 1.54) is 17.8 Å². The maximum absolute atomic E-state index is 13.0. The number of pyridine rings is 1. The van der Waals surface area contributed by atoms with Gasteiger partial charge in [-0.3, -0.25) is 0 Å². The van der Waals surface area contributed by atoms with Gasteiger partial charge in [-0.05, 0) is 36.7 Å². The van der Waals surface area contributed by atoms with Crippen LogP contribution in [0.2, 0.25) is 0 Å². The number of nitrogens with zero attached hydrogens (tertiary/aromatic N) is 2. The zero-order chi connectivity index (χ0) is 13.2. The minimum absolute atomic E-state index is 0.310. The molecule has 0 amide bonds. The van der Waals surface area contributed by atoms with Gasteiger partial charge in [0, 0.05) is 18.2 Å².